The number of benzene rings is 1. The normalized spacial score (nSPS) is 10.9. The Balaban J connectivity index is 0.00000289. The van der Waals surface area contributed by atoms with Crippen molar-refractivity contribution in [1.82, 2.24) is 5.32 Å². The van der Waals surface area contributed by atoms with E-state index < -0.39 is 5.82 Å². The van der Waals surface area contributed by atoms with E-state index in [0.29, 0.717) is 12.5 Å². The average Bonchev–Trinajstić information content (AvgIpc) is 2.31. The third-order valence-corrected chi connectivity index (χ3v) is 2.54. The van der Waals surface area contributed by atoms with Crippen LogP contribution in [-0.4, -0.2) is 12.5 Å². The van der Waals surface area contributed by atoms with Crippen molar-refractivity contribution >= 4 is 41.5 Å². The number of rotatable bonds is 5. The van der Waals surface area contributed by atoms with Crippen LogP contribution in [0.4, 0.5) is 4.39 Å². The highest BCUT2D eigenvalue weighted by molar-refractivity contribution is 14.0. The van der Waals surface area contributed by atoms with Crippen LogP contribution in [0.25, 0.3) is 0 Å². The van der Waals surface area contributed by atoms with Gasteiger partial charge in [-0.2, -0.15) is 0 Å². The second-order valence-corrected chi connectivity index (χ2v) is 4.14. The molecule has 0 amide bonds. The molecule has 0 saturated carbocycles. The van der Waals surface area contributed by atoms with Gasteiger partial charge in [-0.25, -0.2) is 9.38 Å². The van der Waals surface area contributed by atoms with Crippen molar-refractivity contribution < 1.29 is 4.39 Å². The first-order valence-electron chi connectivity index (χ1n) is 5.61. The van der Waals surface area contributed by atoms with Crippen molar-refractivity contribution in [3.05, 3.63) is 34.6 Å². The molecule has 0 bridgehead atoms. The molecule has 18 heavy (non-hydrogen) atoms. The third kappa shape index (κ3) is 6.39. The molecule has 6 heteroatoms. The van der Waals surface area contributed by atoms with Crippen molar-refractivity contribution in [1.29, 1.82) is 0 Å². The Hall–Kier alpha value is -0.560. The molecule has 0 unspecified atom stereocenters. The van der Waals surface area contributed by atoms with Gasteiger partial charge in [-0.05, 0) is 24.1 Å². The standard InChI is InChI=1S/C12H17ClFN3.HI/c1-2-3-6-16-12(15)17-8-9-4-5-11(14)10(13)7-9;/h4-5,7H,2-3,6,8H2,1H3,(H3,15,16,17);1H. The van der Waals surface area contributed by atoms with Crippen LogP contribution in [0.1, 0.15) is 25.3 Å². The van der Waals surface area contributed by atoms with Crippen LogP contribution in [0.15, 0.2) is 23.2 Å². The molecule has 0 aliphatic heterocycles. The number of guanidine groups is 1. The summed E-state index contributed by atoms with van der Waals surface area (Å²) in [5, 5.41) is 3.11. The SMILES string of the molecule is CCCCNC(N)=NCc1ccc(F)c(Cl)c1.I. The minimum atomic E-state index is -0.423. The molecule has 3 nitrogen and oxygen atoms in total. The fourth-order valence-electron chi connectivity index (χ4n) is 1.26. The summed E-state index contributed by atoms with van der Waals surface area (Å²) in [6, 6.07) is 4.53. The van der Waals surface area contributed by atoms with Gasteiger partial charge in [-0.1, -0.05) is 31.0 Å². The van der Waals surface area contributed by atoms with Crippen molar-refractivity contribution in [2.24, 2.45) is 10.7 Å². The van der Waals surface area contributed by atoms with Crippen LogP contribution < -0.4 is 11.1 Å². The minimum Gasteiger partial charge on any atom is -0.370 e. The molecule has 3 N–H and O–H groups in total. The van der Waals surface area contributed by atoms with Gasteiger partial charge in [0.05, 0.1) is 11.6 Å². The summed E-state index contributed by atoms with van der Waals surface area (Å²) in [4.78, 5) is 4.14. The molecule has 0 atom stereocenters. The number of nitrogens with two attached hydrogens (primary N) is 1. The second-order valence-electron chi connectivity index (χ2n) is 3.73. The number of hydrogen-bond acceptors (Lipinski definition) is 1. The van der Waals surface area contributed by atoms with E-state index in [1.165, 1.54) is 6.07 Å². The van der Waals surface area contributed by atoms with E-state index in [2.05, 4.69) is 17.2 Å². The minimum absolute atomic E-state index is 0. The lowest BCUT2D eigenvalue weighted by Crippen LogP contribution is -2.32. The molecular weight excluding hydrogens is 368 g/mol. The molecule has 1 aromatic rings. The van der Waals surface area contributed by atoms with E-state index in [1.54, 1.807) is 12.1 Å². The first-order valence-corrected chi connectivity index (χ1v) is 5.99. The highest BCUT2D eigenvalue weighted by Crippen LogP contribution is 2.16. The van der Waals surface area contributed by atoms with Gasteiger partial charge in [0.2, 0.25) is 0 Å². The average molecular weight is 386 g/mol. The molecule has 0 radical (unpaired) electrons. The molecule has 0 fully saturated rings. The molecule has 0 heterocycles. The molecule has 0 spiro atoms. The summed E-state index contributed by atoms with van der Waals surface area (Å²) in [7, 11) is 0. The Bertz CT molecular complexity index is 399. The van der Waals surface area contributed by atoms with Crippen LogP contribution in [0.3, 0.4) is 0 Å². The zero-order valence-electron chi connectivity index (χ0n) is 10.2. The van der Waals surface area contributed by atoms with Gasteiger partial charge in [0.1, 0.15) is 5.82 Å². The first kappa shape index (κ1) is 17.4. The zero-order chi connectivity index (χ0) is 12.7. The van der Waals surface area contributed by atoms with E-state index in [-0.39, 0.29) is 29.0 Å². The topological polar surface area (TPSA) is 50.4 Å². The molecular formula is C12H18ClFIN3. The van der Waals surface area contributed by atoms with E-state index in [1.807, 2.05) is 0 Å². The second kappa shape index (κ2) is 9.38. The Morgan fingerprint density at radius 2 is 2.22 bits per heavy atom. The largest absolute Gasteiger partial charge is 0.370 e. The van der Waals surface area contributed by atoms with E-state index >= 15 is 0 Å². The van der Waals surface area contributed by atoms with Crippen LogP contribution in [-0.2, 0) is 6.54 Å². The maximum Gasteiger partial charge on any atom is 0.188 e. The molecule has 0 aliphatic carbocycles. The number of nitrogens with zero attached hydrogens (tertiary/aromatic N) is 1. The van der Waals surface area contributed by atoms with Gasteiger partial charge < -0.3 is 11.1 Å². The highest BCUT2D eigenvalue weighted by Gasteiger charge is 2.00. The summed E-state index contributed by atoms with van der Waals surface area (Å²) < 4.78 is 12.9. The van der Waals surface area contributed by atoms with Crippen LogP contribution in [0.5, 0.6) is 0 Å². The van der Waals surface area contributed by atoms with Crippen LogP contribution in [0.2, 0.25) is 5.02 Å². The summed E-state index contributed by atoms with van der Waals surface area (Å²) in [6.07, 6.45) is 2.16. The van der Waals surface area contributed by atoms with Crippen molar-refractivity contribution in [3.63, 3.8) is 0 Å². The predicted octanol–water partition coefficient (Wildman–Crippen LogP) is 3.30. The van der Waals surface area contributed by atoms with Crippen molar-refractivity contribution in [2.45, 2.75) is 26.3 Å². The fraction of sp³-hybridized carbons (Fsp3) is 0.417. The van der Waals surface area contributed by atoms with Gasteiger partial charge >= 0.3 is 0 Å². The van der Waals surface area contributed by atoms with Gasteiger partial charge in [0.25, 0.3) is 0 Å². The molecule has 0 aromatic heterocycles. The first-order chi connectivity index (χ1) is 8.13. The van der Waals surface area contributed by atoms with Gasteiger partial charge in [0.15, 0.2) is 5.96 Å². The number of aliphatic imine (C=N–C) groups is 1. The molecule has 1 rings (SSSR count). The smallest absolute Gasteiger partial charge is 0.188 e. The lowest BCUT2D eigenvalue weighted by atomic mass is 10.2. The number of unbranched alkanes of at least 4 members (excludes halogenated alkanes) is 1. The highest BCUT2D eigenvalue weighted by atomic mass is 127. The Morgan fingerprint density at radius 1 is 1.50 bits per heavy atom. The van der Waals surface area contributed by atoms with E-state index in [0.717, 1.165) is 24.9 Å². The maximum absolute atomic E-state index is 12.9. The number of hydrogen-bond donors (Lipinski definition) is 2. The molecule has 0 saturated heterocycles. The molecule has 102 valence electrons. The van der Waals surface area contributed by atoms with Crippen molar-refractivity contribution in [3.8, 4) is 0 Å². The summed E-state index contributed by atoms with van der Waals surface area (Å²) in [6.45, 7) is 3.32. The van der Waals surface area contributed by atoms with Gasteiger partial charge in [-0.3, -0.25) is 0 Å². The maximum atomic E-state index is 12.9. The van der Waals surface area contributed by atoms with Crippen LogP contribution in [0, 0.1) is 5.82 Å². The third-order valence-electron chi connectivity index (χ3n) is 2.25. The molecule has 0 aliphatic rings. The summed E-state index contributed by atoms with van der Waals surface area (Å²) in [5.74, 6) is -0.0210. The van der Waals surface area contributed by atoms with E-state index in [4.69, 9.17) is 17.3 Å². The molecule has 1 aromatic carbocycles. The predicted molar refractivity (Wildman–Crippen MR) is 85.1 cm³/mol. The number of halogens is 3. The summed E-state index contributed by atoms with van der Waals surface area (Å²) >= 11 is 5.66. The van der Waals surface area contributed by atoms with Crippen LogP contribution >= 0.6 is 35.6 Å². The zero-order valence-corrected chi connectivity index (χ0v) is 13.3. The van der Waals surface area contributed by atoms with Gasteiger partial charge in [-0.15, -0.1) is 24.0 Å². The van der Waals surface area contributed by atoms with E-state index in [9.17, 15) is 4.39 Å². The monoisotopic (exact) mass is 385 g/mol. The Kier molecular flexibility index (Phi) is 9.09. The lowest BCUT2D eigenvalue weighted by Gasteiger charge is -2.04. The Morgan fingerprint density at radius 3 is 2.83 bits per heavy atom. The van der Waals surface area contributed by atoms with Gasteiger partial charge in [0, 0.05) is 6.54 Å². The van der Waals surface area contributed by atoms with Crippen molar-refractivity contribution in [2.75, 3.05) is 6.54 Å². The quantitative estimate of drug-likeness (QED) is 0.354. The lowest BCUT2D eigenvalue weighted by molar-refractivity contribution is 0.627. The summed E-state index contributed by atoms with van der Waals surface area (Å²) in [5.41, 5.74) is 6.49. The number of nitrogens with one attached hydrogen (secondary N) is 1. The fourth-order valence-corrected chi connectivity index (χ4v) is 1.47. The Labute approximate surface area is 129 Å².